The Morgan fingerprint density at radius 2 is 1.54 bits per heavy atom. The average molecular weight is 324 g/mol. The number of Topliss-reactive ketones (excluding diaryl/α,β-unsaturated/α-hetero) is 1. The Morgan fingerprint density at radius 3 is 2.04 bits per heavy atom. The lowest BCUT2D eigenvalue weighted by Crippen LogP contribution is -2.49. The van der Waals surface area contributed by atoms with Gasteiger partial charge in [-0.25, -0.2) is 9.97 Å². The van der Waals surface area contributed by atoms with E-state index in [9.17, 15) is 4.79 Å². The Hall–Kier alpha value is -2.27. The molecular formula is C19H24N4O. The Morgan fingerprint density at radius 1 is 0.958 bits per heavy atom. The van der Waals surface area contributed by atoms with Crippen LogP contribution in [0.25, 0.3) is 11.1 Å². The summed E-state index contributed by atoms with van der Waals surface area (Å²) in [5, 5.41) is 0. The molecule has 0 spiro atoms. The number of anilines is 1. The average Bonchev–Trinajstić information content (AvgIpc) is 2.62. The SMILES string of the molecule is CC(=O)c1ccc(-c2cnc(N3CCN(C(C)C)CC3)nc2)cc1. The molecule has 0 unspecified atom stereocenters. The molecule has 126 valence electrons. The van der Waals surface area contributed by atoms with Crippen molar-refractivity contribution in [3.63, 3.8) is 0 Å². The van der Waals surface area contributed by atoms with E-state index < -0.39 is 0 Å². The maximum atomic E-state index is 11.3. The Balaban J connectivity index is 1.68. The number of benzene rings is 1. The van der Waals surface area contributed by atoms with Crippen molar-refractivity contribution >= 4 is 11.7 Å². The van der Waals surface area contributed by atoms with Crippen molar-refractivity contribution in [1.82, 2.24) is 14.9 Å². The van der Waals surface area contributed by atoms with Gasteiger partial charge in [-0.3, -0.25) is 9.69 Å². The minimum absolute atomic E-state index is 0.0775. The number of nitrogens with zero attached hydrogens (tertiary/aromatic N) is 4. The fraction of sp³-hybridized carbons (Fsp3) is 0.421. The fourth-order valence-corrected chi connectivity index (χ4v) is 2.97. The second-order valence-electron chi connectivity index (χ2n) is 6.52. The maximum absolute atomic E-state index is 11.3. The molecule has 1 fully saturated rings. The quantitative estimate of drug-likeness (QED) is 0.810. The van der Waals surface area contributed by atoms with Gasteiger partial charge < -0.3 is 4.90 Å². The lowest BCUT2D eigenvalue weighted by atomic mass is 10.1. The third-order valence-corrected chi connectivity index (χ3v) is 4.59. The van der Waals surface area contributed by atoms with Crippen LogP contribution in [0.5, 0.6) is 0 Å². The summed E-state index contributed by atoms with van der Waals surface area (Å²) in [7, 11) is 0. The summed E-state index contributed by atoms with van der Waals surface area (Å²) in [5.74, 6) is 0.871. The Bertz CT molecular complexity index is 686. The second kappa shape index (κ2) is 7.09. The molecule has 0 N–H and O–H groups in total. The molecule has 0 bridgehead atoms. The van der Waals surface area contributed by atoms with Gasteiger partial charge in [-0.15, -0.1) is 0 Å². The first-order valence-electron chi connectivity index (χ1n) is 8.47. The standard InChI is InChI=1S/C19H24N4O/c1-14(2)22-8-10-23(11-9-22)19-20-12-18(13-21-19)17-6-4-16(5-7-17)15(3)24/h4-7,12-14H,8-11H2,1-3H3. The predicted molar refractivity (Wildman–Crippen MR) is 96.4 cm³/mol. The number of carbonyl (C=O) groups excluding carboxylic acids is 1. The number of ketones is 1. The van der Waals surface area contributed by atoms with Crippen LogP contribution in [0.1, 0.15) is 31.1 Å². The number of carbonyl (C=O) groups is 1. The largest absolute Gasteiger partial charge is 0.338 e. The molecule has 5 heteroatoms. The Kier molecular flexibility index (Phi) is 4.90. The highest BCUT2D eigenvalue weighted by Crippen LogP contribution is 2.20. The van der Waals surface area contributed by atoms with Gasteiger partial charge in [-0.2, -0.15) is 0 Å². The van der Waals surface area contributed by atoms with Crippen LogP contribution >= 0.6 is 0 Å². The van der Waals surface area contributed by atoms with E-state index in [-0.39, 0.29) is 5.78 Å². The molecule has 3 rings (SSSR count). The van der Waals surface area contributed by atoms with Gasteiger partial charge in [0, 0.05) is 55.7 Å². The number of rotatable bonds is 4. The molecule has 1 aromatic heterocycles. The molecule has 24 heavy (non-hydrogen) atoms. The summed E-state index contributed by atoms with van der Waals surface area (Å²) in [4.78, 5) is 25.1. The Labute approximate surface area is 143 Å². The van der Waals surface area contributed by atoms with Gasteiger partial charge in [-0.1, -0.05) is 24.3 Å². The van der Waals surface area contributed by atoms with E-state index in [2.05, 4.69) is 33.6 Å². The summed E-state index contributed by atoms with van der Waals surface area (Å²) in [6.45, 7) is 10.1. The van der Waals surface area contributed by atoms with E-state index in [0.29, 0.717) is 6.04 Å². The molecular weight excluding hydrogens is 300 g/mol. The first-order chi connectivity index (χ1) is 11.5. The molecule has 0 aliphatic carbocycles. The van der Waals surface area contributed by atoms with E-state index in [0.717, 1.165) is 48.8 Å². The molecule has 5 nitrogen and oxygen atoms in total. The van der Waals surface area contributed by atoms with E-state index in [1.807, 2.05) is 36.7 Å². The zero-order valence-electron chi connectivity index (χ0n) is 14.6. The van der Waals surface area contributed by atoms with E-state index in [1.54, 1.807) is 6.92 Å². The third kappa shape index (κ3) is 3.62. The van der Waals surface area contributed by atoms with Gasteiger partial charge in [0.1, 0.15) is 0 Å². The van der Waals surface area contributed by atoms with Crippen LogP contribution in [0.4, 0.5) is 5.95 Å². The van der Waals surface area contributed by atoms with Crippen molar-refractivity contribution in [2.24, 2.45) is 0 Å². The zero-order valence-corrected chi connectivity index (χ0v) is 14.6. The number of hydrogen-bond acceptors (Lipinski definition) is 5. The molecule has 1 saturated heterocycles. The van der Waals surface area contributed by atoms with Gasteiger partial charge in [0.05, 0.1) is 0 Å². The molecule has 0 amide bonds. The fourth-order valence-electron chi connectivity index (χ4n) is 2.97. The normalized spacial score (nSPS) is 15.8. The highest BCUT2D eigenvalue weighted by molar-refractivity contribution is 5.94. The van der Waals surface area contributed by atoms with Gasteiger partial charge in [0.2, 0.25) is 5.95 Å². The summed E-state index contributed by atoms with van der Waals surface area (Å²) < 4.78 is 0. The van der Waals surface area contributed by atoms with Crippen molar-refractivity contribution in [2.45, 2.75) is 26.8 Å². The van der Waals surface area contributed by atoms with Crippen molar-refractivity contribution in [3.8, 4) is 11.1 Å². The van der Waals surface area contributed by atoms with Crippen LogP contribution in [-0.4, -0.2) is 52.9 Å². The molecule has 0 saturated carbocycles. The summed E-state index contributed by atoms with van der Waals surface area (Å²) in [5.41, 5.74) is 2.71. The van der Waals surface area contributed by atoms with Crippen molar-refractivity contribution < 1.29 is 4.79 Å². The summed E-state index contributed by atoms with van der Waals surface area (Å²) in [6.07, 6.45) is 3.72. The number of aromatic nitrogens is 2. The molecule has 1 aliphatic heterocycles. The van der Waals surface area contributed by atoms with Crippen molar-refractivity contribution in [3.05, 3.63) is 42.2 Å². The number of hydrogen-bond donors (Lipinski definition) is 0. The minimum Gasteiger partial charge on any atom is -0.338 e. The second-order valence-corrected chi connectivity index (χ2v) is 6.52. The summed E-state index contributed by atoms with van der Waals surface area (Å²) >= 11 is 0. The van der Waals surface area contributed by atoms with Crippen LogP contribution < -0.4 is 4.90 Å². The highest BCUT2D eigenvalue weighted by atomic mass is 16.1. The van der Waals surface area contributed by atoms with Crippen LogP contribution in [0.3, 0.4) is 0 Å². The van der Waals surface area contributed by atoms with Crippen LogP contribution in [0.2, 0.25) is 0 Å². The molecule has 2 aromatic rings. The van der Waals surface area contributed by atoms with Crippen LogP contribution in [-0.2, 0) is 0 Å². The number of piperazine rings is 1. The first kappa shape index (κ1) is 16.6. The monoisotopic (exact) mass is 324 g/mol. The summed E-state index contributed by atoms with van der Waals surface area (Å²) in [6, 6.07) is 8.16. The molecule has 1 aromatic carbocycles. The highest BCUT2D eigenvalue weighted by Gasteiger charge is 2.20. The van der Waals surface area contributed by atoms with Gasteiger partial charge in [0.15, 0.2) is 5.78 Å². The third-order valence-electron chi connectivity index (χ3n) is 4.59. The van der Waals surface area contributed by atoms with Crippen molar-refractivity contribution in [1.29, 1.82) is 0 Å². The van der Waals surface area contributed by atoms with Gasteiger partial charge in [-0.05, 0) is 26.3 Å². The molecule has 0 atom stereocenters. The minimum atomic E-state index is 0.0775. The van der Waals surface area contributed by atoms with E-state index >= 15 is 0 Å². The topological polar surface area (TPSA) is 49.3 Å². The van der Waals surface area contributed by atoms with Crippen molar-refractivity contribution in [2.75, 3.05) is 31.1 Å². The van der Waals surface area contributed by atoms with E-state index in [1.165, 1.54) is 0 Å². The molecule has 1 aliphatic rings. The lowest BCUT2D eigenvalue weighted by molar-refractivity contribution is 0.101. The smallest absolute Gasteiger partial charge is 0.225 e. The van der Waals surface area contributed by atoms with Gasteiger partial charge >= 0.3 is 0 Å². The lowest BCUT2D eigenvalue weighted by Gasteiger charge is -2.36. The maximum Gasteiger partial charge on any atom is 0.225 e. The first-order valence-corrected chi connectivity index (χ1v) is 8.47. The van der Waals surface area contributed by atoms with Crippen LogP contribution in [0.15, 0.2) is 36.7 Å². The molecule has 0 radical (unpaired) electrons. The van der Waals surface area contributed by atoms with E-state index in [4.69, 9.17) is 0 Å². The molecule has 2 heterocycles. The van der Waals surface area contributed by atoms with Crippen LogP contribution in [0, 0.1) is 0 Å². The zero-order chi connectivity index (χ0) is 17.1. The predicted octanol–water partition coefficient (Wildman–Crippen LogP) is 2.88. The van der Waals surface area contributed by atoms with Gasteiger partial charge in [0.25, 0.3) is 0 Å².